The Morgan fingerprint density at radius 2 is 1.61 bits per heavy atom. The highest BCUT2D eigenvalue weighted by atomic mass is 16.7. The normalized spacial score (nSPS) is 10.7. The highest BCUT2D eigenvalue weighted by Gasteiger charge is 2.21. The zero-order valence-corrected chi connectivity index (χ0v) is 11.7. The number of hydroxylamine groups is 1. The Morgan fingerprint density at radius 1 is 1.17 bits per heavy atom. The summed E-state index contributed by atoms with van der Waals surface area (Å²) in [6.45, 7) is 5.31. The molecule has 0 unspecified atom stereocenters. The summed E-state index contributed by atoms with van der Waals surface area (Å²) in [5.41, 5.74) is 6.86. The number of amidine groups is 1. The average molecular weight is 261 g/mol. The molecule has 0 heterocycles. The van der Waals surface area contributed by atoms with E-state index in [1.165, 1.54) is 7.05 Å². The van der Waals surface area contributed by atoms with Gasteiger partial charge in [-0.1, -0.05) is 20.8 Å². The van der Waals surface area contributed by atoms with E-state index in [-0.39, 0.29) is 18.0 Å². The average Bonchev–Trinajstić information content (AvgIpc) is 2.33. The number of nitrogens with zero attached hydrogens (tertiary/aromatic N) is 1. The van der Waals surface area contributed by atoms with Crippen LogP contribution in [0.5, 0.6) is 0 Å². The fourth-order valence-electron chi connectivity index (χ4n) is 0.422. The van der Waals surface area contributed by atoms with Gasteiger partial charge in [-0.05, 0) is 0 Å². The quantitative estimate of drug-likeness (QED) is 0.269. The maximum absolute atomic E-state index is 11.1. The van der Waals surface area contributed by atoms with E-state index >= 15 is 0 Å². The second kappa shape index (κ2) is 9.08. The van der Waals surface area contributed by atoms with Crippen LogP contribution < -0.4 is 21.8 Å². The number of nitrogens with one attached hydrogen (secondary N) is 3. The number of amides is 3. The molecular formula is C10H23N5O3. The molecule has 0 aromatic carbocycles. The van der Waals surface area contributed by atoms with Gasteiger partial charge in [-0.2, -0.15) is 5.48 Å². The summed E-state index contributed by atoms with van der Waals surface area (Å²) in [6.07, 6.45) is 0. The van der Waals surface area contributed by atoms with E-state index in [9.17, 15) is 9.59 Å². The molecule has 0 aromatic heterocycles. The van der Waals surface area contributed by atoms with Gasteiger partial charge in [0, 0.05) is 26.6 Å². The van der Waals surface area contributed by atoms with E-state index in [1.54, 1.807) is 34.9 Å². The van der Waals surface area contributed by atoms with Gasteiger partial charge in [0.2, 0.25) is 0 Å². The minimum atomic E-state index is -0.492. The lowest BCUT2D eigenvalue weighted by Gasteiger charge is -2.16. The van der Waals surface area contributed by atoms with Gasteiger partial charge >= 0.3 is 12.1 Å². The summed E-state index contributed by atoms with van der Waals surface area (Å²) in [6, 6.07) is -0.220. The van der Waals surface area contributed by atoms with Crippen LogP contribution in [0.1, 0.15) is 20.8 Å². The fraction of sp³-hybridized carbons (Fsp3) is 0.700. The molecule has 0 aliphatic carbocycles. The Bertz CT molecular complexity index is 290. The van der Waals surface area contributed by atoms with Crippen LogP contribution in [0, 0.1) is 5.41 Å². The molecular weight excluding hydrogens is 238 g/mol. The van der Waals surface area contributed by atoms with Crippen molar-refractivity contribution >= 4 is 18.0 Å². The van der Waals surface area contributed by atoms with Crippen LogP contribution in [0.4, 0.5) is 4.79 Å². The standard InChI is InChI=1S/C7H15N3O2.C3H8N2O/c1-7(2,3)5(11)10-12-6(8)9-4;1-4-3(6)5-2/h1-4H3,(H2,8,9)(H,10,11);1-2H3,(H2,4,5,6). The van der Waals surface area contributed by atoms with Crippen molar-refractivity contribution in [1.82, 2.24) is 16.1 Å². The van der Waals surface area contributed by atoms with Crippen LogP contribution in [0.2, 0.25) is 0 Å². The number of hydrogen-bond acceptors (Lipinski definition) is 4. The molecule has 8 nitrogen and oxygen atoms in total. The second-order valence-electron chi connectivity index (χ2n) is 4.17. The molecule has 0 saturated heterocycles. The molecule has 3 amide bonds. The summed E-state index contributed by atoms with van der Waals surface area (Å²) >= 11 is 0. The molecule has 0 spiro atoms. The first kappa shape index (κ1) is 18.4. The predicted molar refractivity (Wildman–Crippen MR) is 69.7 cm³/mol. The molecule has 0 bridgehead atoms. The Morgan fingerprint density at radius 3 is 1.83 bits per heavy atom. The molecule has 5 N–H and O–H groups in total. The Balaban J connectivity index is 0. The number of carbonyl (C=O) groups is 2. The maximum atomic E-state index is 11.1. The van der Waals surface area contributed by atoms with Gasteiger partial charge in [0.05, 0.1) is 0 Å². The summed E-state index contributed by atoms with van der Waals surface area (Å²) in [7, 11) is 4.61. The zero-order chi connectivity index (χ0) is 14.8. The largest absolute Gasteiger partial charge is 0.352 e. The van der Waals surface area contributed by atoms with Gasteiger partial charge < -0.3 is 21.2 Å². The summed E-state index contributed by atoms with van der Waals surface area (Å²) in [5.74, 6) is -0.242. The van der Waals surface area contributed by atoms with Gasteiger partial charge in [0.1, 0.15) is 0 Å². The van der Waals surface area contributed by atoms with Gasteiger partial charge in [0.15, 0.2) is 0 Å². The van der Waals surface area contributed by atoms with Crippen LogP contribution in [0.15, 0.2) is 4.99 Å². The number of rotatable bonds is 0. The van der Waals surface area contributed by atoms with Crippen molar-refractivity contribution in [2.75, 3.05) is 21.1 Å². The molecule has 0 aliphatic heterocycles. The van der Waals surface area contributed by atoms with Gasteiger partial charge in [-0.3, -0.25) is 4.79 Å². The van der Waals surface area contributed by atoms with Crippen LogP contribution in [0.3, 0.4) is 0 Å². The number of hydrogen-bond donors (Lipinski definition) is 4. The molecule has 8 heteroatoms. The van der Waals surface area contributed by atoms with E-state index in [2.05, 4.69) is 25.9 Å². The number of carbonyl (C=O) groups excluding carboxylic acids is 2. The summed E-state index contributed by atoms with van der Waals surface area (Å²) < 4.78 is 0. The highest BCUT2D eigenvalue weighted by Crippen LogP contribution is 2.11. The second-order valence-corrected chi connectivity index (χ2v) is 4.17. The molecule has 0 radical (unpaired) electrons. The Kier molecular flexibility index (Phi) is 9.27. The lowest BCUT2D eigenvalue weighted by Crippen LogP contribution is -2.38. The number of nitrogens with two attached hydrogens (primary N) is 1. The van der Waals surface area contributed by atoms with Gasteiger partial charge in [0.25, 0.3) is 5.91 Å². The number of urea groups is 1. The van der Waals surface area contributed by atoms with E-state index in [4.69, 9.17) is 5.73 Å². The SMILES string of the molecule is CN=C(N)ONC(=O)C(C)(C)C.CNC(=O)NC. The van der Waals surface area contributed by atoms with Crippen LogP contribution in [0.25, 0.3) is 0 Å². The van der Waals surface area contributed by atoms with Crippen molar-refractivity contribution in [2.24, 2.45) is 16.1 Å². The van der Waals surface area contributed by atoms with E-state index in [0.29, 0.717) is 0 Å². The fourth-order valence-corrected chi connectivity index (χ4v) is 0.422. The third-order valence-corrected chi connectivity index (χ3v) is 1.60. The van der Waals surface area contributed by atoms with Crippen molar-refractivity contribution in [3.05, 3.63) is 0 Å². The Hall–Kier alpha value is -1.99. The lowest BCUT2D eigenvalue weighted by atomic mass is 9.96. The lowest BCUT2D eigenvalue weighted by molar-refractivity contribution is -0.136. The van der Waals surface area contributed by atoms with Gasteiger partial charge in [-0.25, -0.2) is 9.79 Å². The van der Waals surface area contributed by atoms with Gasteiger partial charge in [-0.15, -0.1) is 0 Å². The minimum Gasteiger partial charge on any atom is -0.352 e. The summed E-state index contributed by atoms with van der Waals surface area (Å²) in [4.78, 5) is 29.2. The maximum Gasteiger partial charge on any atom is 0.314 e. The Labute approximate surface area is 107 Å². The highest BCUT2D eigenvalue weighted by molar-refractivity contribution is 5.82. The number of aliphatic imine (C=N–C) groups is 1. The molecule has 18 heavy (non-hydrogen) atoms. The van der Waals surface area contributed by atoms with Crippen LogP contribution >= 0.6 is 0 Å². The first-order valence-corrected chi connectivity index (χ1v) is 5.28. The molecule has 0 aromatic rings. The minimum absolute atomic E-state index is 0.0624. The smallest absolute Gasteiger partial charge is 0.314 e. The molecule has 0 aliphatic rings. The van der Waals surface area contributed by atoms with E-state index in [1.807, 2.05) is 0 Å². The first-order chi connectivity index (χ1) is 8.18. The van der Waals surface area contributed by atoms with Crippen molar-refractivity contribution < 1.29 is 14.4 Å². The third-order valence-electron chi connectivity index (χ3n) is 1.60. The zero-order valence-electron chi connectivity index (χ0n) is 11.7. The molecule has 106 valence electrons. The molecule has 0 rings (SSSR count). The molecule has 0 fully saturated rings. The topological polar surface area (TPSA) is 118 Å². The van der Waals surface area contributed by atoms with Crippen molar-refractivity contribution in [2.45, 2.75) is 20.8 Å². The third kappa shape index (κ3) is 10.5. The first-order valence-electron chi connectivity index (χ1n) is 5.28. The van der Waals surface area contributed by atoms with Crippen molar-refractivity contribution in [3.8, 4) is 0 Å². The van der Waals surface area contributed by atoms with E-state index < -0.39 is 5.41 Å². The van der Waals surface area contributed by atoms with E-state index in [0.717, 1.165) is 0 Å². The molecule has 0 atom stereocenters. The molecule has 0 saturated carbocycles. The van der Waals surface area contributed by atoms with Crippen molar-refractivity contribution in [3.63, 3.8) is 0 Å². The summed E-state index contributed by atoms with van der Waals surface area (Å²) in [5, 5.41) is 4.73. The predicted octanol–water partition coefficient (Wildman–Crippen LogP) is -0.430. The van der Waals surface area contributed by atoms with Crippen LogP contribution in [-0.2, 0) is 9.63 Å². The van der Waals surface area contributed by atoms with Crippen LogP contribution in [-0.4, -0.2) is 39.1 Å². The monoisotopic (exact) mass is 261 g/mol. The van der Waals surface area contributed by atoms with Crippen molar-refractivity contribution in [1.29, 1.82) is 0 Å².